The van der Waals surface area contributed by atoms with Gasteiger partial charge in [0.2, 0.25) is 5.91 Å². The molecular formula is C21H26N2O3. The minimum absolute atomic E-state index is 0.0415. The number of benzene rings is 2. The fraction of sp³-hybridized carbons (Fsp3) is 0.333. The summed E-state index contributed by atoms with van der Waals surface area (Å²) in [4.78, 5) is 25.2. The van der Waals surface area contributed by atoms with Gasteiger partial charge < -0.3 is 15.4 Å². The Morgan fingerprint density at radius 3 is 2.04 bits per heavy atom. The molecule has 0 saturated heterocycles. The lowest BCUT2D eigenvalue weighted by Crippen LogP contribution is -2.50. The molecule has 0 heterocycles. The summed E-state index contributed by atoms with van der Waals surface area (Å²) in [6, 6.07) is 15.8. The van der Waals surface area contributed by atoms with Crippen LogP contribution in [0.2, 0.25) is 0 Å². The molecule has 2 atom stereocenters. The van der Waals surface area contributed by atoms with Crippen molar-refractivity contribution in [1.82, 2.24) is 10.6 Å². The van der Waals surface area contributed by atoms with Crippen molar-refractivity contribution in [2.24, 2.45) is 5.92 Å². The van der Waals surface area contributed by atoms with Crippen LogP contribution in [0.4, 0.5) is 0 Å². The first-order valence-corrected chi connectivity index (χ1v) is 8.72. The highest BCUT2D eigenvalue weighted by atomic mass is 16.5. The molecule has 0 spiro atoms. The van der Waals surface area contributed by atoms with Crippen molar-refractivity contribution < 1.29 is 14.3 Å². The highest BCUT2D eigenvalue weighted by molar-refractivity contribution is 5.97. The van der Waals surface area contributed by atoms with Crippen LogP contribution < -0.4 is 15.4 Å². The minimum atomic E-state index is -0.615. The van der Waals surface area contributed by atoms with E-state index in [1.54, 1.807) is 31.4 Å². The summed E-state index contributed by atoms with van der Waals surface area (Å²) in [5.74, 6) is 0.156. The highest BCUT2D eigenvalue weighted by Gasteiger charge is 2.26. The topological polar surface area (TPSA) is 67.4 Å². The fourth-order valence-corrected chi connectivity index (χ4v) is 2.63. The monoisotopic (exact) mass is 354 g/mol. The zero-order chi connectivity index (χ0) is 19.1. The molecule has 0 saturated carbocycles. The second-order valence-corrected chi connectivity index (χ2v) is 6.56. The van der Waals surface area contributed by atoms with Crippen molar-refractivity contribution in [2.45, 2.75) is 32.9 Å². The first kappa shape index (κ1) is 19.5. The Balaban J connectivity index is 2.04. The lowest BCUT2D eigenvalue weighted by Gasteiger charge is -2.24. The summed E-state index contributed by atoms with van der Waals surface area (Å²) in [5.41, 5.74) is 1.50. The highest BCUT2D eigenvalue weighted by Crippen LogP contribution is 2.14. The number of nitrogens with one attached hydrogen (secondary N) is 2. The summed E-state index contributed by atoms with van der Waals surface area (Å²) in [6.07, 6.45) is 0. The van der Waals surface area contributed by atoms with E-state index in [0.29, 0.717) is 11.3 Å². The number of carbonyl (C=O) groups is 2. The zero-order valence-electron chi connectivity index (χ0n) is 15.7. The molecule has 5 heteroatoms. The summed E-state index contributed by atoms with van der Waals surface area (Å²) in [7, 11) is 1.57. The number of methoxy groups -OCH3 is 1. The predicted octanol–water partition coefficient (Wildman–Crippen LogP) is 3.33. The van der Waals surface area contributed by atoms with Gasteiger partial charge in [0.05, 0.1) is 13.2 Å². The van der Waals surface area contributed by atoms with Gasteiger partial charge in [-0.15, -0.1) is 0 Å². The minimum Gasteiger partial charge on any atom is -0.497 e. The fourth-order valence-electron chi connectivity index (χ4n) is 2.63. The second-order valence-electron chi connectivity index (χ2n) is 6.56. The number of hydrogen-bond acceptors (Lipinski definition) is 3. The molecule has 2 rings (SSSR count). The van der Waals surface area contributed by atoms with Crippen LogP contribution in [0.1, 0.15) is 42.7 Å². The van der Waals surface area contributed by atoms with E-state index < -0.39 is 6.04 Å². The molecule has 0 aliphatic heterocycles. The molecule has 2 N–H and O–H groups in total. The van der Waals surface area contributed by atoms with Crippen LogP contribution in [0.3, 0.4) is 0 Å². The summed E-state index contributed by atoms with van der Waals surface area (Å²) in [6.45, 7) is 5.74. The third-order valence-electron chi connectivity index (χ3n) is 4.25. The smallest absolute Gasteiger partial charge is 0.251 e. The molecule has 0 fully saturated rings. The first-order valence-electron chi connectivity index (χ1n) is 8.72. The summed E-state index contributed by atoms with van der Waals surface area (Å²) in [5, 5.41) is 5.81. The van der Waals surface area contributed by atoms with Crippen LogP contribution in [0.5, 0.6) is 5.75 Å². The SMILES string of the molecule is COc1ccc(C(=O)N[C@H](C(=O)N[C@H](C)c2ccccc2)C(C)C)cc1. The van der Waals surface area contributed by atoms with Gasteiger partial charge in [0.15, 0.2) is 0 Å². The van der Waals surface area contributed by atoms with E-state index >= 15 is 0 Å². The number of carbonyl (C=O) groups excluding carboxylic acids is 2. The molecule has 0 radical (unpaired) electrons. The Bertz CT molecular complexity index is 727. The number of amides is 2. The second kappa shape index (κ2) is 9.04. The Labute approximate surface area is 154 Å². The average Bonchev–Trinajstić information content (AvgIpc) is 2.66. The zero-order valence-corrected chi connectivity index (χ0v) is 15.7. The van der Waals surface area contributed by atoms with Gasteiger partial charge in [-0.05, 0) is 42.7 Å². The molecule has 138 valence electrons. The molecule has 0 aliphatic carbocycles. The third-order valence-corrected chi connectivity index (χ3v) is 4.25. The van der Waals surface area contributed by atoms with Gasteiger partial charge in [0.25, 0.3) is 5.91 Å². The van der Waals surface area contributed by atoms with Crippen molar-refractivity contribution in [3.63, 3.8) is 0 Å². The van der Waals surface area contributed by atoms with E-state index in [0.717, 1.165) is 5.56 Å². The lowest BCUT2D eigenvalue weighted by molar-refractivity contribution is -0.124. The Kier molecular flexibility index (Phi) is 6.78. The van der Waals surface area contributed by atoms with Crippen LogP contribution in [-0.2, 0) is 4.79 Å². The number of hydrogen-bond donors (Lipinski definition) is 2. The van der Waals surface area contributed by atoms with Gasteiger partial charge in [-0.25, -0.2) is 0 Å². The molecule has 26 heavy (non-hydrogen) atoms. The maximum absolute atomic E-state index is 12.7. The maximum atomic E-state index is 12.7. The van der Waals surface area contributed by atoms with Gasteiger partial charge in [-0.1, -0.05) is 44.2 Å². The molecule has 0 aromatic heterocycles. The lowest BCUT2D eigenvalue weighted by atomic mass is 10.0. The van der Waals surface area contributed by atoms with E-state index in [9.17, 15) is 9.59 Å². The van der Waals surface area contributed by atoms with Crippen molar-refractivity contribution in [3.05, 3.63) is 65.7 Å². The van der Waals surface area contributed by atoms with Crippen LogP contribution in [-0.4, -0.2) is 25.0 Å². The number of rotatable bonds is 7. The van der Waals surface area contributed by atoms with Crippen molar-refractivity contribution in [2.75, 3.05) is 7.11 Å². The van der Waals surface area contributed by atoms with Crippen molar-refractivity contribution in [3.8, 4) is 5.75 Å². The quantitative estimate of drug-likeness (QED) is 0.801. The van der Waals surface area contributed by atoms with E-state index in [4.69, 9.17) is 4.74 Å². The molecular weight excluding hydrogens is 328 g/mol. The molecule has 2 aromatic carbocycles. The molecule has 0 bridgehead atoms. The first-order chi connectivity index (χ1) is 12.4. The molecule has 2 amide bonds. The standard InChI is InChI=1S/C21H26N2O3/c1-14(2)19(21(25)22-15(3)16-8-6-5-7-9-16)23-20(24)17-10-12-18(26-4)13-11-17/h5-15,19H,1-4H3,(H,22,25)(H,23,24)/t15-,19+/m1/s1. The van der Waals surface area contributed by atoms with Crippen LogP contribution in [0, 0.1) is 5.92 Å². The van der Waals surface area contributed by atoms with Crippen molar-refractivity contribution >= 4 is 11.8 Å². The maximum Gasteiger partial charge on any atom is 0.251 e. The van der Waals surface area contributed by atoms with Gasteiger partial charge >= 0.3 is 0 Å². The Hall–Kier alpha value is -2.82. The van der Waals surface area contributed by atoms with E-state index in [1.807, 2.05) is 51.1 Å². The number of ether oxygens (including phenoxy) is 1. The third kappa shape index (κ3) is 5.09. The molecule has 0 unspecified atom stereocenters. The Morgan fingerprint density at radius 1 is 0.885 bits per heavy atom. The van der Waals surface area contributed by atoms with Crippen LogP contribution >= 0.6 is 0 Å². The van der Waals surface area contributed by atoms with Gasteiger partial charge in [0.1, 0.15) is 11.8 Å². The van der Waals surface area contributed by atoms with Gasteiger partial charge in [0, 0.05) is 5.56 Å². The molecule has 5 nitrogen and oxygen atoms in total. The summed E-state index contributed by atoms with van der Waals surface area (Å²) < 4.78 is 5.10. The van der Waals surface area contributed by atoms with E-state index in [2.05, 4.69) is 10.6 Å². The van der Waals surface area contributed by atoms with Crippen molar-refractivity contribution in [1.29, 1.82) is 0 Å². The Morgan fingerprint density at radius 2 is 1.50 bits per heavy atom. The molecule has 0 aliphatic rings. The largest absolute Gasteiger partial charge is 0.497 e. The van der Waals surface area contributed by atoms with E-state index in [1.165, 1.54) is 0 Å². The van der Waals surface area contributed by atoms with E-state index in [-0.39, 0.29) is 23.8 Å². The van der Waals surface area contributed by atoms with Crippen LogP contribution in [0.25, 0.3) is 0 Å². The normalized spacial score (nSPS) is 13.0. The average molecular weight is 354 g/mol. The van der Waals surface area contributed by atoms with Gasteiger partial charge in [-0.2, -0.15) is 0 Å². The predicted molar refractivity (Wildman–Crippen MR) is 102 cm³/mol. The van der Waals surface area contributed by atoms with Crippen LogP contribution in [0.15, 0.2) is 54.6 Å². The summed E-state index contributed by atoms with van der Waals surface area (Å²) >= 11 is 0. The van der Waals surface area contributed by atoms with Gasteiger partial charge in [-0.3, -0.25) is 9.59 Å². The molecule has 2 aromatic rings.